The molecular formula is C14H14BrNO2. The van der Waals surface area contributed by atoms with Gasteiger partial charge in [0.25, 0.3) is 5.91 Å². The van der Waals surface area contributed by atoms with E-state index in [1.807, 2.05) is 43.3 Å². The van der Waals surface area contributed by atoms with Crippen LogP contribution in [0.3, 0.4) is 0 Å². The molecule has 0 saturated carbocycles. The van der Waals surface area contributed by atoms with Gasteiger partial charge in [0.1, 0.15) is 5.76 Å². The minimum absolute atomic E-state index is 0.0972. The summed E-state index contributed by atoms with van der Waals surface area (Å²) in [6, 6.07) is 11.0. The van der Waals surface area contributed by atoms with Gasteiger partial charge in [0, 0.05) is 10.9 Å². The molecule has 1 aromatic heterocycles. The second kappa shape index (κ2) is 5.87. The third-order valence-corrected chi connectivity index (χ3v) is 3.34. The molecule has 0 bridgehead atoms. The maximum atomic E-state index is 12.0. The highest BCUT2D eigenvalue weighted by Crippen LogP contribution is 2.14. The van der Waals surface area contributed by atoms with Crippen LogP contribution in [0.15, 0.2) is 47.1 Å². The molecule has 94 valence electrons. The van der Waals surface area contributed by atoms with Gasteiger partial charge in [0.15, 0.2) is 0 Å². The van der Waals surface area contributed by atoms with E-state index in [1.54, 1.807) is 6.26 Å². The summed E-state index contributed by atoms with van der Waals surface area (Å²) >= 11 is 3.37. The van der Waals surface area contributed by atoms with Gasteiger partial charge in [-0.15, -0.1) is 0 Å². The zero-order valence-corrected chi connectivity index (χ0v) is 11.6. The Hall–Kier alpha value is -1.55. The molecule has 1 N–H and O–H groups in total. The lowest BCUT2D eigenvalue weighted by molar-refractivity contribution is 0.0935. The Bertz CT molecular complexity index is 505. The van der Waals surface area contributed by atoms with Crippen molar-refractivity contribution in [2.45, 2.75) is 18.3 Å². The van der Waals surface area contributed by atoms with Crippen molar-refractivity contribution in [3.63, 3.8) is 0 Å². The van der Waals surface area contributed by atoms with Crippen molar-refractivity contribution in [1.82, 2.24) is 5.32 Å². The summed E-state index contributed by atoms with van der Waals surface area (Å²) in [5.74, 6) is 0.653. The first-order valence-corrected chi connectivity index (χ1v) is 6.82. The number of halogens is 1. The summed E-state index contributed by atoms with van der Waals surface area (Å²) in [7, 11) is 0. The van der Waals surface area contributed by atoms with Crippen molar-refractivity contribution in [3.8, 4) is 0 Å². The van der Waals surface area contributed by atoms with Crippen molar-refractivity contribution in [2.24, 2.45) is 0 Å². The lowest BCUT2D eigenvalue weighted by atomic mass is 10.1. The van der Waals surface area contributed by atoms with E-state index in [9.17, 15) is 4.79 Å². The van der Waals surface area contributed by atoms with Gasteiger partial charge in [-0.25, -0.2) is 0 Å². The van der Waals surface area contributed by atoms with E-state index in [0.717, 1.165) is 16.7 Å². The summed E-state index contributed by atoms with van der Waals surface area (Å²) in [6.45, 7) is 1.89. The van der Waals surface area contributed by atoms with E-state index in [4.69, 9.17) is 4.42 Å². The number of hydrogen-bond acceptors (Lipinski definition) is 2. The van der Waals surface area contributed by atoms with Crippen LogP contribution in [0.5, 0.6) is 0 Å². The van der Waals surface area contributed by atoms with Crippen LogP contribution in [-0.4, -0.2) is 5.91 Å². The second-order valence-electron chi connectivity index (χ2n) is 4.04. The SMILES string of the molecule is C[C@H](NC(=O)c1ccc(CBr)cc1)c1ccco1. The Morgan fingerprint density at radius 3 is 2.61 bits per heavy atom. The van der Waals surface area contributed by atoms with Crippen LogP contribution < -0.4 is 5.32 Å². The molecule has 0 saturated heterocycles. The van der Waals surface area contributed by atoms with E-state index in [2.05, 4.69) is 21.2 Å². The first kappa shape index (κ1) is 12.9. The standard InChI is InChI=1S/C14H14BrNO2/c1-10(13-3-2-8-18-13)16-14(17)12-6-4-11(9-15)5-7-12/h2-8,10H,9H2,1H3,(H,16,17)/t10-/m0/s1. The average molecular weight is 308 g/mol. The molecule has 4 heteroatoms. The molecule has 1 atom stereocenters. The van der Waals surface area contributed by atoms with Gasteiger partial charge in [-0.2, -0.15) is 0 Å². The highest BCUT2D eigenvalue weighted by atomic mass is 79.9. The van der Waals surface area contributed by atoms with Crippen LogP contribution in [0.1, 0.15) is 34.6 Å². The molecule has 0 aliphatic heterocycles. The third kappa shape index (κ3) is 3.01. The van der Waals surface area contributed by atoms with Gasteiger partial charge in [-0.3, -0.25) is 4.79 Å². The maximum Gasteiger partial charge on any atom is 0.251 e. The lowest BCUT2D eigenvalue weighted by Gasteiger charge is -2.11. The fourth-order valence-corrected chi connectivity index (χ4v) is 2.01. The Balaban J connectivity index is 2.03. The van der Waals surface area contributed by atoms with Gasteiger partial charge in [-0.05, 0) is 36.8 Å². The van der Waals surface area contributed by atoms with Crippen molar-refractivity contribution >= 4 is 21.8 Å². The maximum absolute atomic E-state index is 12.0. The zero-order valence-electron chi connectivity index (χ0n) is 10.0. The van der Waals surface area contributed by atoms with Crippen LogP contribution >= 0.6 is 15.9 Å². The zero-order chi connectivity index (χ0) is 13.0. The van der Waals surface area contributed by atoms with Crippen LogP contribution in [0.25, 0.3) is 0 Å². The number of benzene rings is 1. The number of alkyl halides is 1. The minimum Gasteiger partial charge on any atom is -0.467 e. The quantitative estimate of drug-likeness (QED) is 0.876. The number of rotatable bonds is 4. The Labute approximate surface area is 114 Å². The summed E-state index contributed by atoms with van der Waals surface area (Å²) in [6.07, 6.45) is 1.60. The smallest absolute Gasteiger partial charge is 0.251 e. The molecule has 1 amide bonds. The van der Waals surface area contributed by atoms with Gasteiger partial charge in [0.2, 0.25) is 0 Å². The lowest BCUT2D eigenvalue weighted by Crippen LogP contribution is -2.26. The molecule has 0 unspecified atom stereocenters. The summed E-state index contributed by atoms with van der Waals surface area (Å²) in [4.78, 5) is 12.0. The number of amides is 1. The molecule has 3 nitrogen and oxygen atoms in total. The van der Waals surface area contributed by atoms with Crippen LogP contribution in [0.4, 0.5) is 0 Å². The Morgan fingerprint density at radius 1 is 1.33 bits per heavy atom. The highest BCUT2D eigenvalue weighted by molar-refractivity contribution is 9.08. The van der Waals surface area contributed by atoms with Crippen LogP contribution in [0.2, 0.25) is 0 Å². The van der Waals surface area contributed by atoms with Crippen molar-refractivity contribution in [3.05, 3.63) is 59.5 Å². The normalized spacial score (nSPS) is 12.1. The van der Waals surface area contributed by atoms with Gasteiger partial charge in [0.05, 0.1) is 12.3 Å². The van der Waals surface area contributed by atoms with Gasteiger partial charge in [-0.1, -0.05) is 28.1 Å². The topological polar surface area (TPSA) is 42.2 Å². The van der Waals surface area contributed by atoms with Crippen LogP contribution in [0, 0.1) is 0 Å². The van der Waals surface area contributed by atoms with E-state index in [0.29, 0.717) is 5.56 Å². The molecule has 0 radical (unpaired) electrons. The van der Waals surface area contributed by atoms with E-state index >= 15 is 0 Å². The summed E-state index contributed by atoms with van der Waals surface area (Å²) in [5.41, 5.74) is 1.80. The largest absolute Gasteiger partial charge is 0.467 e. The van der Waals surface area contributed by atoms with Crippen molar-refractivity contribution in [2.75, 3.05) is 0 Å². The van der Waals surface area contributed by atoms with Crippen molar-refractivity contribution in [1.29, 1.82) is 0 Å². The van der Waals surface area contributed by atoms with E-state index in [-0.39, 0.29) is 11.9 Å². The van der Waals surface area contributed by atoms with E-state index in [1.165, 1.54) is 0 Å². The molecule has 18 heavy (non-hydrogen) atoms. The minimum atomic E-state index is -0.136. The van der Waals surface area contributed by atoms with E-state index < -0.39 is 0 Å². The predicted octanol–water partition coefficient (Wildman–Crippen LogP) is 3.67. The Morgan fingerprint density at radius 2 is 2.06 bits per heavy atom. The van der Waals surface area contributed by atoms with Crippen molar-refractivity contribution < 1.29 is 9.21 Å². The second-order valence-corrected chi connectivity index (χ2v) is 4.60. The first-order valence-electron chi connectivity index (χ1n) is 5.70. The molecule has 2 aromatic rings. The molecule has 2 rings (SSSR count). The van der Waals surface area contributed by atoms with Gasteiger partial charge >= 0.3 is 0 Å². The number of carbonyl (C=O) groups is 1. The fraction of sp³-hybridized carbons (Fsp3) is 0.214. The molecule has 0 fully saturated rings. The third-order valence-electron chi connectivity index (χ3n) is 2.69. The van der Waals surface area contributed by atoms with Crippen LogP contribution in [-0.2, 0) is 5.33 Å². The monoisotopic (exact) mass is 307 g/mol. The number of nitrogens with one attached hydrogen (secondary N) is 1. The molecule has 0 spiro atoms. The molecule has 1 aromatic carbocycles. The number of hydrogen-bond donors (Lipinski definition) is 1. The fourth-order valence-electron chi connectivity index (χ4n) is 1.63. The summed E-state index contributed by atoms with van der Waals surface area (Å²) in [5, 5.41) is 3.68. The predicted molar refractivity (Wildman–Crippen MR) is 73.7 cm³/mol. The first-order chi connectivity index (χ1) is 8.70. The molecular weight excluding hydrogens is 294 g/mol. The molecule has 0 aliphatic rings. The highest BCUT2D eigenvalue weighted by Gasteiger charge is 2.12. The average Bonchev–Trinajstić information content (AvgIpc) is 2.92. The number of carbonyl (C=O) groups excluding carboxylic acids is 1. The Kier molecular flexibility index (Phi) is 4.20. The summed E-state index contributed by atoms with van der Waals surface area (Å²) < 4.78 is 5.25. The molecule has 0 aliphatic carbocycles. The number of furan rings is 1. The molecule has 1 heterocycles. The van der Waals surface area contributed by atoms with Gasteiger partial charge < -0.3 is 9.73 Å².